The number of nitrogens with zero attached hydrogens (tertiary/aromatic N) is 1. The summed E-state index contributed by atoms with van der Waals surface area (Å²) in [5.74, 6) is 3.14. The molecule has 0 spiro atoms. The molecule has 1 aromatic carbocycles. The first-order chi connectivity index (χ1) is 12.6. The third-order valence-electron chi connectivity index (χ3n) is 3.56. The van der Waals surface area contributed by atoms with Crippen molar-refractivity contribution in [3.8, 4) is 23.8 Å². The van der Waals surface area contributed by atoms with E-state index in [-0.39, 0.29) is 17.4 Å². The van der Waals surface area contributed by atoms with Crippen LogP contribution in [0.15, 0.2) is 47.2 Å². The number of H-pyrrole nitrogens is 1. The summed E-state index contributed by atoms with van der Waals surface area (Å²) in [6.45, 7) is 0.146. The fourth-order valence-electron chi connectivity index (χ4n) is 2.39. The van der Waals surface area contributed by atoms with Crippen LogP contribution in [0.25, 0.3) is 17.2 Å². The zero-order valence-electron chi connectivity index (χ0n) is 13.9. The number of methoxy groups -OCH3 is 1. The topological polar surface area (TPSA) is 67.7 Å². The van der Waals surface area contributed by atoms with Crippen LogP contribution in [0.2, 0.25) is 0 Å². The van der Waals surface area contributed by atoms with Crippen LogP contribution in [-0.2, 0) is 0 Å². The van der Waals surface area contributed by atoms with Crippen molar-refractivity contribution in [3.05, 3.63) is 53.1 Å². The molecule has 130 valence electrons. The Hall–Kier alpha value is -3.37. The highest BCUT2D eigenvalue weighted by atomic mass is 32.1. The van der Waals surface area contributed by atoms with E-state index in [0.717, 1.165) is 5.56 Å². The van der Waals surface area contributed by atoms with Crippen molar-refractivity contribution in [1.29, 1.82) is 0 Å². The molecule has 2 aromatic heterocycles. The SMILES string of the molecule is C#CCOc1ccc(/C=C/C(=O)n2c(=S)oc3c[nH+]ccc32)cc1OC. The Morgan fingerprint density at radius 3 is 3.04 bits per heavy atom. The van der Waals surface area contributed by atoms with Crippen molar-refractivity contribution in [3.63, 3.8) is 0 Å². The lowest BCUT2D eigenvalue weighted by molar-refractivity contribution is -0.376. The molecule has 0 unspecified atom stereocenters. The third kappa shape index (κ3) is 3.50. The number of pyridine rings is 1. The van der Waals surface area contributed by atoms with Gasteiger partial charge in [0.05, 0.1) is 7.11 Å². The van der Waals surface area contributed by atoms with E-state index in [1.807, 2.05) is 0 Å². The highest BCUT2D eigenvalue weighted by Gasteiger charge is 2.13. The van der Waals surface area contributed by atoms with E-state index in [4.69, 9.17) is 32.5 Å². The van der Waals surface area contributed by atoms with Crippen LogP contribution in [0.3, 0.4) is 0 Å². The van der Waals surface area contributed by atoms with Gasteiger partial charge in [0.15, 0.2) is 17.7 Å². The molecule has 0 radical (unpaired) electrons. The molecule has 6 nitrogen and oxygen atoms in total. The fraction of sp³-hybridized carbons (Fsp3) is 0.105. The second-order valence-electron chi connectivity index (χ2n) is 5.17. The molecule has 0 amide bonds. The van der Waals surface area contributed by atoms with Crippen LogP contribution in [0, 0.1) is 17.2 Å². The molecule has 1 N–H and O–H groups in total. The van der Waals surface area contributed by atoms with Crippen molar-refractivity contribution in [2.45, 2.75) is 0 Å². The molecule has 26 heavy (non-hydrogen) atoms. The monoisotopic (exact) mass is 367 g/mol. The predicted molar refractivity (Wildman–Crippen MR) is 98.6 cm³/mol. The first-order valence-corrected chi connectivity index (χ1v) is 8.03. The van der Waals surface area contributed by atoms with Gasteiger partial charge in [0.1, 0.15) is 12.1 Å². The molecule has 7 heteroatoms. The number of ether oxygens (including phenoxy) is 2. The molecule has 0 saturated heterocycles. The molecule has 0 bridgehead atoms. The third-order valence-corrected chi connectivity index (χ3v) is 3.83. The number of carbonyl (C=O) groups excluding carboxylic acids is 1. The largest absolute Gasteiger partial charge is 0.493 e. The van der Waals surface area contributed by atoms with Gasteiger partial charge < -0.3 is 13.9 Å². The Kier molecular flexibility index (Phi) is 5.15. The lowest BCUT2D eigenvalue weighted by Crippen LogP contribution is -2.07. The summed E-state index contributed by atoms with van der Waals surface area (Å²) in [7, 11) is 1.53. The minimum atomic E-state index is -0.313. The average Bonchev–Trinajstić information content (AvgIpc) is 3.00. The van der Waals surface area contributed by atoms with Crippen LogP contribution < -0.4 is 14.5 Å². The van der Waals surface area contributed by atoms with Crippen LogP contribution in [-0.4, -0.2) is 24.2 Å². The van der Waals surface area contributed by atoms with Gasteiger partial charge in [-0.3, -0.25) is 4.79 Å². The molecule has 0 atom stereocenters. The van der Waals surface area contributed by atoms with Crippen molar-refractivity contribution in [2.75, 3.05) is 13.7 Å². The Bertz CT molecular complexity index is 1090. The minimum Gasteiger partial charge on any atom is -0.493 e. The van der Waals surface area contributed by atoms with E-state index in [1.54, 1.807) is 42.7 Å². The van der Waals surface area contributed by atoms with Gasteiger partial charge in [-0.1, -0.05) is 12.0 Å². The van der Waals surface area contributed by atoms with E-state index < -0.39 is 0 Å². The zero-order chi connectivity index (χ0) is 18.5. The lowest BCUT2D eigenvalue weighted by Gasteiger charge is -2.09. The highest BCUT2D eigenvalue weighted by molar-refractivity contribution is 7.71. The summed E-state index contributed by atoms with van der Waals surface area (Å²) in [6, 6.07) is 6.99. The molecule has 0 fully saturated rings. The molecule has 0 aliphatic heterocycles. The van der Waals surface area contributed by atoms with Crippen molar-refractivity contribution in [1.82, 2.24) is 4.57 Å². The maximum atomic E-state index is 12.5. The van der Waals surface area contributed by atoms with Crippen LogP contribution in [0.5, 0.6) is 11.5 Å². The van der Waals surface area contributed by atoms with Gasteiger partial charge in [0.25, 0.3) is 10.7 Å². The molecule has 2 heterocycles. The molecule has 3 aromatic rings. The van der Waals surface area contributed by atoms with Gasteiger partial charge in [0.2, 0.25) is 11.8 Å². The second kappa shape index (κ2) is 7.68. The number of aromatic nitrogens is 2. The molecule has 0 aliphatic rings. The van der Waals surface area contributed by atoms with Crippen molar-refractivity contribution < 1.29 is 23.7 Å². The Balaban J connectivity index is 1.87. The van der Waals surface area contributed by atoms with Gasteiger partial charge in [-0.25, -0.2) is 9.55 Å². The van der Waals surface area contributed by atoms with Crippen molar-refractivity contribution in [2.24, 2.45) is 0 Å². The molecule has 0 aliphatic carbocycles. The smallest absolute Gasteiger partial charge is 0.277 e. The van der Waals surface area contributed by atoms with E-state index in [1.165, 1.54) is 17.8 Å². The Morgan fingerprint density at radius 2 is 2.27 bits per heavy atom. The maximum absolute atomic E-state index is 12.5. The van der Waals surface area contributed by atoms with Crippen LogP contribution in [0.1, 0.15) is 10.4 Å². The van der Waals surface area contributed by atoms with E-state index in [9.17, 15) is 4.79 Å². The Morgan fingerprint density at radius 1 is 1.42 bits per heavy atom. The number of nitrogens with one attached hydrogen (secondary N) is 1. The quantitative estimate of drug-likeness (QED) is 0.394. The second-order valence-corrected chi connectivity index (χ2v) is 5.52. The number of rotatable bonds is 5. The number of fused-ring (bicyclic) bond motifs is 1. The number of benzene rings is 1. The van der Waals surface area contributed by atoms with Crippen LogP contribution in [0.4, 0.5) is 0 Å². The standard InChI is InChI=1S/C19H14N2O4S/c1-3-10-24-15-6-4-13(11-16(15)23-2)5-7-18(22)21-14-8-9-20-12-17(14)25-19(21)26/h1,4-9,11-12H,10H2,2H3/p+1/b7-5+. The van der Waals surface area contributed by atoms with Crippen LogP contribution >= 0.6 is 12.2 Å². The number of terminal acetylenes is 1. The fourth-order valence-corrected chi connectivity index (χ4v) is 2.67. The summed E-state index contributed by atoms with van der Waals surface area (Å²) < 4.78 is 17.4. The molecule has 0 saturated carbocycles. The minimum absolute atomic E-state index is 0.0878. The van der Waals surface area contributed by atoms with E-state index >= 15 is 0 Å². The average molecular weight is 367 g/mol. The number of hydrogen-bond donors (Lipinski definition) is 0. The van der Waals surface area contributed by atoms with E-state index in [0.29, 0.717) is 22.6 Å². The number of allylic oxidation sites excluding steroid dienone is 1. The van der Waals surface area contributed by atoms with E-state index in [2.05, 4.69) is 10.9 Å². The first-order valence-electron chi connectivity index (χ1n) is 7.62. The summed E-state index contributed by atoms with van der Waals surface area (Å²) >= 11 is 5.13. The molecule has 3 rings (SSSR count). The Labute approximate surface area is 154 Å². The van der Waals surface area contributed by atoms with Gasteiger partial charge in [-0.15, -0.1) is 6.42 Å². The molecular formula is C19H15N2O4S+. The summed E-state index contributed by atoms with van der Waals surface area (Å²) in [5.41, 5.74) is 1.87. The number of oxazole rings is 1. The normalized spacial score (nSPS) is 10.8. The summed E-state index contributed by atoms with van der Waals surface area (Å²) in [6.07, 6.45) is 11.6. The highest BCUT2D eigenvalue weighted by Crippen LogP contribution is 2.28. The number of carbonyl (C=O) groups is 1. The van der Waals surface area contributed by atoms with Gasteiger partial charge >= 0.3 is 0 Å². The number of aromatic amines is 1. The number of hydrogen-bond acceptors (Lipinski definition) is 5. The van der Waals surface area contributed by atoms with Gasteiger partial charge in [0, 0.05) is 12.1 Å². The first kappa shape index (κ1) is 17.5. The van der Waals surface area contributed by atoms with Crippen molar-refractivity contribution >= 4 is 35.3 Å². The van der Waals surface area contributed by atoms with Gasteiger partial charge in [-0.05, 0) is 36.0 Å². The predicted octanol–water partition coefficient (Wildman–Crippen LogP) is 3.15. The summed E-state index contributed by atoms with van der Waals surface area (Å²) in [4.78, 5) is 15.5. The maximum Gasteiger partial charge on any atom is 0.277 e. The zero-order valence-corrected chi connectivity index (χ0v) is 14.7. The summed E-state index contributed by atoms with van der Waals surface area (Å²) in [5, 5.41) is 0. The molecular weight excluding hydrogens is 352 g/mol. The van der Waals surface area contributed by atoms with Gasteiger partial charge in [-0.2, -0.15) is 0 Å². The lowest BCUT2D eigenvalue weighted by atomic mass is 10.2.